The van der Waals surface area contributed by atoms with Crippen molar-refractivity contribution in [2.75, 3.05) is 19.8 Å². The summed E-state index contributed by atoms with van der Waals surface area (Å²) in [5.74, 6) is 0. The average molecular weight is 292 g/mol. The first-order valence-corrected chi connectivity index (χ1v) is 8.83. The van der Waals surface area contributed by atoms with Crippen LogP contribution in [0, 0.1) is 0 Å². The van der Waals surface area contributed by atoms with Gasteiger partial charge in [-0.15, -0.1) is 0 Å². The fourth-order valence-corrected chi connectivity index (χ4v) is 2.74. The SMILES string of the molecule is CCCCCCC/C=C/COP(=O)(OCC)OCC. The Balaban J connectivity index is 3.66. The van der Waals surface area contributed by atoms with Gasteiger partial charge in [0, 0.05) is 0 Å². The number of unbranched alkanes of at least 4 members (excludes halogenated alkanes) is 5. The molecular formula is C14H29O4P. The Morgan fingerprint density at radius 1 is 0.842 bits per heavy atom. The Labute approximate surface area is 118 Å². The Morgan fingerprint density at radius 3 is 2.05 bits per heavy atom. The molecule has 0 atom stereocenters. The van der Waals surface area contributed by atoms with Crippen molar-refractivity contribution in [3.63, 3.8) is 0 Å². The summed E-state index contributed by atoms with van der Waals surface area (Å²) in [7, 11) is -3.34. The fraction of sp³-hybridized carbons (Fsp3) is 0.857. The second kappa shape index (κ2) is 12.9. The van der Waals surface area contributed by atoms with Gasteiger partial charge in [0.1, 0.15) is 0 Å². The summed E-state index contributed by atoms with van der Waals surface area (Å²) in [6.45, 7) is 6.65. The van der Waals surface area contributed by atoms with Crippen molar-refractivity contribution in [2.45, 2.75) is 59.3 Å². The van der Waals surface area contributed by atoms with Gasteiger partial charge in [-0.05, 0) is 26.7 Å². The molecule has 0 aliphatic heterocycles. The molecule has 0 aromatic rings. The summed E-state index contributed by atoms with van der Waals surface area (Å²) in [6.07, 6.45) is 11.4. The molecule has 0 saturated carbocycles. The molecule has 0 unspecified atom stereocenters. The molecule has 0 aliphatic rings. The first-order chi connectivity index (χ1) is 9.18. The number of phosphoric ester groups is 1. The van der Waals surface area contributed by atoms with Crippen molar-refractivity contribution in [1.82, 2.24) is 0 Å². The van der Waals surface area contributed by atoms with Gasteiger partial charge in [-0.3, -0.25) is 13.6 Å². The van der Waals surface area contributed by atoms with Gasteiger partial charge in [-0.1, -0.05) is 44.8 Å². The van der Waals surface area contributed by atoms with Crippen LogP contribution in [-0.2, 0) is 18.1 Å². The van der Waals surface area contributed by atoms with Gasteiger partial charge in [0.2, 0.25) is 0 Å². The van der Waals surface area contributed by atoms with Gasteiger partial charge in [0.25, 0.3) is 0 Å². The van der Waals surface area contributed by atoms with Crippen LogP contribution in [0.2, 0.25) is 0 Å². The molecule has 0 saturated heterocycles. The van der Waals surface area contributed by atoms with E-state index in [-0.39, 0.29) is 6.61 Å². The zero-order valence-corrected chi connectivity index (χ0v) is 13.5. The largest absolute Gasteiger partial charge is 0.475 e. The van der Waals surface area contributed by atoms with Crippen LogP contribution in [0.25, 0.3) is 0 Å². The van der Waals surface area contributed by atoms with E-state index in [0.717, 1.165) is 6.42 Å². The van der Waals surface area contributed by atoms with Gasteiger partial charge in [-0.25, -0.2) is 4.57 Å². The van der Waals surface area contributed by atoms with Crippen molar-refractivity contribution in [2.24, 2.45) is 0 Å². The molecule has 19 heavy (non-hydrogen) atoms. The second-order valence-electron chi connectivity index (χ2n) is 4.25. The van der Waals surface area contributed by atoms with E-state index in [0.29, 0.717) is 13.2 Å². The van der Waals surface area contributed by atoms with Crippen LogP contribution >= 0.6 is 7.82 Å². The van der Waals surface area contributed by atoms with E-state index in [2.05, 4.69) is 13.0 Å². The molecule has 0 aromatic carbocycles. The number of hydrogen-bond acceptors (Lipinski definition) is 4. The highest BCUT2D eigenvalue weighted by Crippen LogP contribution is 2.49. The predicted octanol–water partition coefficient (Wildman–Crippen LogP) is 5.10. The third-order valence-corrected chi connectivity index (χ3v) is 4.16. The van der Waals surface area contributed by atoms with Crippen molar-refractivity contribution < 1.29 is 18.1 Å². The minimum absolute atomic E-state index is 0.270. The second-order valence-corrected chi connectivity index (χ2v) is 5.92. The zero-order valence-electron chi connectivity index (χ0n) is 12.6. The molecule has 0 fully saturated rings. The van der Waals surface area contributed by atoms with E-state index in [9.17, 15) is 4.57 Å². The molecule has 0 bridgehead atoms. The minimum atomic E-state index is -3.34. The first-order valence-electron chi connectivity index (χ1n) is 7.37. The van der Waals surface area contributed by atoms with E-state index in [4.69, 9.17) is 13.6 Å². The molecule has 0 aromatic heterocycles. The highest BCUT2D eigenvalue weighted by Gasteiger charge is 2.24. The van der Waals surface area contributed by atoms with E-state index in [1.54, 1.807) is 13.8 Å². The van der Waals surface area contributed by atoms with Crippen LogP contribution in [0.5, 0.6) is 0 Å². The molecule has 5 heteroatoms. The third kappa shape index (κ3) is 11.4. The normalized spacial score (nSPS) is 12.4. The molecule has 114 valence electrons. The van der Waals surface area contributed by atoms with Crippen LogP contribution in [0.15, 0.2) is 12.2 Å². The van der Waals surface area contributed by atoms with Crippen LogP contribution in [0.4, 0.5) is 0 Å². The van der Waals surface area contributed by atoms with Crippen molar-refractivity contribution >= 4 is 7.82 Å². The predicted molar refractivity (Wildman–Crippen MR) is 79.3 cm³/mol. The average Bonchev–Trinajstić information content (AvgIpc) is 2.37. The number of hydrogen-bond donors (Lipinski definition) is 0. The Kier molecular flexibility index (Phi) is 12.8. The Morgan fingerprint density at radius 2 is 1.47 bits per heavy atom. The smallest absolute Gasteiger partial charge is 0.287 e. The lowest BCUT2D eigenvalue weighted by atomic mass is 10.1. The molecular weight excluding hydrogens is 263 g/mol. The molecule has 4 nitrogen and oxygen atoms in total. The summed E-state index contributed by atoms with van der Waals surface area (Å²) in [4.78, 5) is 0. The molecule has 0 aliphatic carbocycles. The number of phosphoric acid groups is 1. The van der Waals surface area contributed by atoms with E-state index >= 15 is 0 Å². The van der Waals surface area contributed by atoms with Crippen LogP contribution in [-0.4, -0.2) is 19.8 Å². The van der Waals surface area contributed by atoms with Gasteiger partial charge >= 0.3 is 7.82 Å². The summed E-state index contributed by atoms with van der Waals surface area (Å²) >= 11 is 0. The molecule has 0 heterocycles. The quantitative estimate of drug-likeness (QED) is 0.269. The molecule has 0 amide bonds. The van der Waals surface area contributed by atoms with Gasteiger partial charge in [0.05, 0.1) is 19.8 Å². The lowest BCUT2D eigenvalue weighted by molar-refractivity contribution is 0.131. The van der Waals surface area contributed by atoms with Crippen molar-refractivity contribution in [3.05, 3.63) is 12.2 Å². The summed E-state index contributed by atoms with van der Waals surface area (Å²) < 4.78 is 27.1. The topological polar surface area (TPSA) is 44.8 Å². The van der Waals surface area contributed by atoms with E-state index in [1.165, 1.54) is 32.1 Å². The van der Waals surface area contributed by atoms with Crippen LogP contribution < -0.4 is 0 Å². The van der Waals surface area contributed by atoms with Crippen molar-refractivity contribution in [3.8, 4) is 0 Å². The Hall–Kier alpha value is -0.150. The van der Waals surface area contributed by atoms with Crippen LogP contribution in [0.3, 0.4) is 0 Å². The fourth-order valence-electron chi connectivity index (χ4n) is 1.61. The summed E-state index contributed by atoms with van der Waals surface area (Å²) in [5.41, 5.74) is 0. The number of rotatable bonds is 13. The van der Waals surface area contributed by atoms with Crippen LogP contribution in [0.1, 0.15) is 59.3 Å². The monoisotopic (exact) mass is 292 g/mol. The van der Waals surface area contributed by atoms with E-state index < -0.39 is 7.82 Å². The molecule has 0 N–H and O–H groups in total. The highest BCUT2D eigenvalue weighted by molar-refractivity contribution is 7.48. The standard InChI is InChI=1S/C14H29O4P/c1-4-7-8-9-10-11-12-13-14-18-19(15,16-5-2)17-6-3/h12-13H,4-11,14H2,1-3H3/b13-12+. The maximum absolute atomic E-state index is 11.9. The minimum Gasteiger partial charge on any atom is -0.287 e. The van der Waals surface area contributed by atoms with Gasteiger partial charge in [0.15, 0.2) is 0 Å². The maximum Gasteiger partial charge on any atom is 0.475 e. The molecule has 0 rings (SSSR count). The lowest BCUT2D eigenvalue weighted by Crippen LogP contribution is -2.00. The third-order valence-electron chi connectivity index (χ3n) is 2.54. The van der Waals surface area contributed by atoms with Gasteiger partial charge < -0.3 is 0 Å². The highest BCUT2D eigenvalue weighted by atomic mass is 31.2. The number of allylic oxidation sites excluding steroid dienone is 1. The molecule has 0 spiro atoms. The molecule has 0 radical (unpaired) electrons. The summed E-state index contributed by atoms with van der Waals surface area (Å²) in [6, 6.07) is 0. The van der Waals surface area contributed by atoms with E-state index in [1.807, 2.05) is 6.08 Å². The zero-order chi connectivity index (χ0) is 14.4. The van der Waals surface area contributed by atoms with Crippen molar-refractivity contribution in [1.29, 1.82) is 0 Å². The maximum atomic E-state index is 11.9. The lowest BCUT2D eigenvalue weighted by Gasteiger charge is -2.14. The Bertz CT molecular complexity index is 256. The summed E-state index contributed by atoms with van der Waals surface area (Å²) in [5, 5.41) is 0. The van der Waals surface area contributed by atoms with Gasteiger partial charge in [-0.2, -0.15) is 0 Å². The first kappa shape index (κ1) is 18.9.